The highest BCUT2D eigenvalue weighted by Gasteiger charge is 2.57. The molecule has 0 aromatic rings. The topological polar surface area (TPSA) is 12.0 Å². The van der Waals surface area contributed by atoms with Crippen LogP contribution in [0.3, 0.4) is 0 Å². The van der Waals surface area contributed by atoms with E-state index < -0.39 is 0 Å². The van der Waals surface area contributed by atoms with Crippen LogP contribution in [0.15, 0.2) is 0 Å². The first-order valence-electron chi connectivity index (χ1n) is 4.64. The molecule has 0 aromatic heterocycles. The lowest BCUT2D eigenvalue weighted by Gasteiger charge is -2.64. The molecule has 4 fully saturated rings. The monoisotopic (exact) mass is 137 g/mol. The quantitative estimate of drug-likeness (QED) is 0.610. The molecule has 0 spiro atoms. The van der Waals surface area contributed by atoms with Crippen LogP contribution in [0.1, 0.15) is 38.5 Å². The normalized spacial score (nSPS) is 51.0. The molecular weight excluding hydrogens is 122 g/mol. The summed E-state index contributed by atoms with van der Waals surface area (Å²) in [4.78, 5) is 0. The molecule has 4 aliphatic carbocycles. The van der Waals surface area contributed by atoms with E-state index in [-0.39, 0.29) is 0 Å². The predicted octanol–water partition coefficient (Wildman–Crippen LogP) is 1.68. The minimum Gasteiger partial charge on any atom is -0.308 e. The maximum absolute atomic E-state index is 3.80. The lowest BCUT2D eigenvalue weighted by Crippen LogP contribution is -2.69. The number of nitrogens with one attached hydrogen (secondary N) is 1. The summed E-state index contributed by atoms with van der Waals surface area (Å²) in [5.41, 5.74) is 0.690. The fraction of sp³-hybridized carbons (Fsp3) is 1.00. The van der Waals surface area contributed by atoms with Crippen molar-refractivity contribution in [3.05, 3.63) is 0 Å². The van der Waals surface area contributed by atoms with Crippen LogP contribution in [-0.2, 0) is 0 Å². The first-order valence-corrected chi connectivity index (χ1v) is 4.64. The van der Waals surface area contributed by atoms with E-state index in [2.05, 4.69) is 5.32 Å². The molecule has 0 unspecified atom stereocenters. The minimum atomic E-state index is 0.690. The van der Waals surface area contributed by atoms with E-state index in [1.54, 1.807) is 0 Å². The minimum absolute atomic E-state index is 0.690. The van der Waals surface area contributed by atoms with Crippen molar-refractivity contribution in [1.29, 1.82) is 0 Å². The second-order valence-corrected chi connectivity index (χ2v) is 4.53. The zero-order valence-corrected chi connectivity index (χ0v) is 6.40. The predicted molar refractivity (Wildman–Crippen MR) is 40.8 cm³/mol. The third kappa shape index (κ3) is 0.572. The molecule has 1 N–H and O–H groups in total. The van der Waals surface area contributed by atoms with Gasteiger partial charge in [0.2, 0.25) is 0 Å². The highest BCUT2D eigenvalue weighted by Crippen LogP contribution is 2.57. The lowest BCUT2D eigenvalue weighted by atomic mass is 9.49. The Morgan fingerprint density at radius 2 is 1.80 bits per heavy atom. The summed E-state index contributed by atoms with van der Waals surface area (Å²) in [5, 5.41) is 3.80. The molecule has 4 saturated carbocycles. The fourth-order valence-electron chi connectivity index (χ4n) is 2.64. The average Bonchev–Trinajstić information content (AvgIpc) is 1.52. The van der Waals surface area contributed by atoms with E-state index in [1.165, 1.54) is 38.5 Å². The van der Waals surface area contributed by atoms with Crippen LogP contribution in [0.2, 0.25) is 0 Å². The fourth-order valence-corrected chi connectivity index (χ4v) is 2.64. The van der Waals surface area contributed by atoms with Crippen LogP contribution < -0.4 is 5.32 Å². The lowest BCUT2D eigenvalue weighted by molar-refractivity contribution is -0.0651. The van der Waals surface area contributed by atoms with E-state index in [0.717, 1.165) is 12.0 Å². The highest BCUT2D eigenvalue weighted by molar-refractivity contribution is 5.15. The van der Waals surface area contributed by atoms with Gasteiger partial charge < -0.3 is 5.32 Å². The Kier molecular flexibility index (Phi) is 0.883. The van der Waals surface area contributed by atoms with Crippen LogP contribution in [0, 0.1) is 5.92 Å². The van der Waals surface area contributed by atoms with Gasteiger partial charge in [0, 0.05) is 11.6 Å². The van der Waals surface area contributed by atoms with Gasteiger partial charge in [0.05, 0.1) is 0 Å². The smallest absolute Gasteiger partial charge is 0.0192 e. The van der Waals surface area contributed by atoms with Crippen molar-refractivity contribution in [2.75, 3.05) is 0 Å². The zero-order chi connectivity index (χ0) is 6.60. The molecule has 0 heterocycles. The van der Waals surface area contributed by atoms with Crippen molar-refractivity contribution in [2.24, 2.45) is 5.92 Å². The van der Waals surface area contributed by atoms with Gasteiger partial charge in [-0.3, -0.25) is 0 Å². The van der Waals surface area contributed by atoms with Crippen LogP contribution in [0.4, 0.5) is 0 Å². The summed E-state index contributed by atoms with van der Waals surface area (Å²) in [6, 6.07) is 0.918. The van der Waals surface area contributed by atoms with Gasteiger partial charge in [-0.25, -0.2) is 0 Å². The number of hydrogen-bond donors (Lipinski definition) is 1. The maximum atomic E-state index is 3.80. The first kappa shape index (κ1) is 5.59. The van der Waals surface area contributed by atoms with Crippen molar-refractivity contribution in [3.8, 4) is 0 Å². The molecule has 0 atom stereocenters. The van der Waals surface area contributed by atoms with E-state index in [0.29, 0.717) is 5.54 Å². The second-order valence-electron chi connectivity index (χ2n) is 4.53. The third-order valence-electron chi connectivity index (χ3n) is 3.65. The Labute approximate surface area is 62.2 Å². The second kappa shape index (κ2) is 1.58. The van der Waals surface area contributed by atoms with Crippen molar-refractivity contribution in [1.82, 2.24) is 5.32 Å². The summed E-state index contributed by atoms with van der Waals surface area (Å²) in [6.07, 6.45) is 8.88. The van der Waals surface area contributed by atoms with E-state index in [1.807, 2.05) is 0 Å². The molecule has 10 heavy (non-hydrogen) atoms. The van der Waals surface area contributed by atoms with Gasteiger partial charge in [-0.1, -0.05) is 6.42 Å². The number of rotatable bonds is 2. The van der Waals surface area contributed by atoms with Crippen molar-refractivity contribution >= 4 is 0 Å². The Balaban J connectivity index is 1.58. The molecule has 4 rings (SSSR count). The van der Waals surface area contributed by atoms with Crippen LogP contribution in [-0.4, -0.2) is 11.6 Å². The molecule has 0 aromatic carbocycles. The first-order chi connectivity index (χ1) is 4.86. The van der Waals surface area contributed by atoms with E-state index in [4.69, 9.17) is 0 Å². The molecular formula is C9H15N. The van der Waals surface area contributed by atoms with Gasteiger partial charge in [0.15, 0.2) is 0 Å². The summed E-state index contributed by atoms with van der Waals surface area (Å²) in [7, 11) is 0. The van der Waals surface area contributed by atoms with Crippen molar-refractivity contribution in [2.45, 2.75) is 50.1 Å². The molecule has 0 saturated heterocycles. The summed E-state index contributed by atoms with van der Waals surface area (Å²) >= 11 is 0. The molecule has 0 amide bonds. The maximum Gasteiger partial charge on any atom is 0.0192 e. The standard InChI is InChI=1S/C9H15N/c1-2-8(3-1)10-9-4-7(5-9)6-9/h7-8,10H,1-6H2. The van der Waals surface area contributed by atoms with E-state index >= 15 is 0 Å². The number of hydrogen-bond acceptors (Lipinski definition) is 1. The van der Waals surface area contributed by atoms with Gasteiger partial charge in [0.25, 0.3) is 0 Å². The summed E-state index contributed by atoms with van der Waals surface area (Å²) < 4.78 is 0. The molecule has 0 radical (unpaired) electrons. The largest absolute Gasteiger partial charge is 0.308 e. The van der Waals surface area contributed by atoms with Gasteiger partial charge >= 0.3 is 0 Å². The SMILES string of the molecule is C1CC(NC23CC(C2)C3)C1. The Morgan fingerprint density at radius 1 is 1.10 bits per heavy atom. The summed E-state index contributed by atoms with van der Waals surface area (Å²) in [6.45, 7) is 0. The molecule has 1 heteroatoms. The molecule has 4 aliphatic rings. The van der Waals surface area contributed by atoms with Crippen LogP contribution in [0.25, 0.3) is 0 Å². The molecule has 2 bridgehead atoms. The Morgan fingerprint density at radius 3 is 2.10 bits per heavy atom. The zero-order valence-electron chi connectivity index (χ0n) is 6.40. The van der Waals surface area contributed by atoms with Gasteiger partial charge in [-0.05, 0) is 38.0 Å². The Hall–Kier alpha value is -0.0400. The average molecular weight is 137 g/mol. The Bertz CT molecular complexity index is 143. The van der Waals surface area contributed by atoms with Crippen molar-refractivity contribution < 1.29 is 0 Å². The van der Waals surface area contributed by atoms with Crippen LogP contribution >= 0.6 is 0 Å². The summed E-state index contributed by atoms with van der Waals surface area (Å²) in [5.74, 6) is 1.13. The molecule has 56 valence electrons. The molecule has 0 aliphatic heterocycles. The molecule has 1 nitrogen and oxygen atoms in total. The van der Waals surface area contributed by atoms with Gasteiger partial charge in [-0.2, -0.15) is 0 Å². The third-order valence-corrected chi connectivity index (χ3v) is 3.65. The van der Waals surface area contributed by atoms with Gasteiger partial charge in [-0.15, -0.1) is 0 Å². The van der Waals surface area contributed by atoms with Crippen molar-refractivity contribution in [3.63, 3.8) is 0 Å². The van der Waals surface area contributed by atoms with Crippen LogP contribution in [0.5, 0.6) is 0 Å². The highest BCUT2D eigenvalue weighted by atomic mass is 15.1. The van der Waals surface area contributed by atoms with Gasteiger partial charge in [0.1, 0.15) is 0 Å². The van der Waals surface area contributed by atoms with E-state index in [9.17, 15) is 0 Å².